The highest BCUT2D eigenvalue weighted by Gasteiger charge is 2.13. The summed E-state index contributed by atoms with van der Waals surface area (Å²) >= 11 is 3.48. The lowest BCUT2D eigenvalue weighted by Crippen LogP contribution is -2.18. The minimum atomic E-state index is -0.372. The molecule has 0 saturated heterocycles. The summed E-state index contributed by atoms with van der Waals surface area (Å²) in [5.74, 6) is 1.23. The molecule has 0 aliphatic heterocycles. The fourth-order valence-corrected chi connectivity index (χ4v) is 3.28. The van der Waals surface area contributed by atoms with Gasteiger partial charge in [-0.1, -0.05) is 36.9 Å². The van der Waals surface area contributed by atoms with Crippen molar-refractivity contribution < 1.29 is 19.0 Å². The van der Waals surface area contributed by atoms with E-state index in [0.29, 0.717) is 35.0 Å². The fraction of sp³-hybridized carbons (Fsp3) is 0.130. The molecule has 0 radical (unpaired) electrons. The molecule has 0 saturated carbocycles. The van der Waals surface area contributed by atoms with Gasteiger partial charge < -0.3 is 14.2 Å². The van der Waals surface area contributed by atoms with Crippen molar-refractivity contribution in [2.75, 3.05) is 20.8 Å². The van der Waals surface area contributed by atoms with Gasteiger partial charge in [-0.15, -0.1) is 0 Å². The van der Waals surface area contributed by atoms with Crippen molar-refractivity contribution in [3.8, 4) is 17.2 Å². The number of ether oxygens (including phenoxy) is 3. The first-order valence-corrected chi connectivity index (χ1v) is 9.88. The van der Waals surface area contributed by atoms with Gasteiger partial charge in [0.25, 0.3) is 5.91 Å². The molecule has 0 fully saturated rings. The Morgan fingerprint density at radius 2 is 1.77 bits per heavy atom. The summed E-state index contributed by atoms with van der Waals surface area (Å²) in [5.41, 5.74) is 3.66. The Kier molecular flexibility index (Phi) is 7.08. The van der Waals surface area contributed by atoms with Gasteiger partial charge in [0.2, 0.25) is 0 Å². The zero-order chi connectivity index (χ0) is 21.5. The molecule has 0 spiro atoms. The van der Waals surface area contributed by atoms with Gasteiger partial charge in [-0.3, -0.25) is 4.79 Å². The highest BCUT2D eigenvalue weighted by atomic mass is 79.9. The maximum atomic E-state index is 12.7. The Hall–Kier alpha value is -3.32. The number of hydrazone groups is 1. The summed E-state index contributed by atoms with van der Waals surface area (Å²) in [6.07, 6.45) is 3.18. The Bertz CT molecular complexity index is 1110. The van der Waals surface area contributed by atoms with Crippen molar-refractivity contribution in [3.63, 3.8) is 0 Å². The monoisotopic (exact) mass is 468 g/mol. The first kappa shape index (κ1) is 21.4. The third-order valence-corrected chi connectivity index (χ3v) is 5.01. The molecule has 3 rings (SSSR count). The first-order valence-electron chi connectivity index (χ1n) is 9.08. The molecule has 154 valence electrons. The Morgan fingerprint density at radius 3 is 2.43 bits per heavy atom. The van der Waals surface area contributed by atoms with E-state index >= 15 is 0 Å². The van der Waals surface area contributed by atoms with Crippen LogP contribution in [0.4, 0.5) is 0 Å². The Morgan fingerprint density at radius 1 is 1.07 bits per heavy atom. The number of hydrogen-bond acceptors (Lipinski definition) is 5. The fourth-order valence-electron chi connectivity index (χ4n) is 2.86. The minimum absolute atomic E-state index is 0.361. The molecule has 30 heavy (non-hydrogen) atoms. The number of methoxy groups -OCH3 is 2. The predicted octanol–water partition coefficient (Wildman–Crippen LogP) is 4.95. The number of halogens is 1. The molecule has 3 aromatic carbocycles. The van der Waals surface area contributed by atoms with Gasteiger partial charge in [-0.05, 0) is 51.0 Å². The van der Waals surface area contributed by atoms with E-state index in [9.17, 15) is 4.79 Å². The molecule has 6 nitrogen and oxygen atoms in total. The summed E-state index contributed by atoms with van der Waals surface area (Å²) in [6, 6.07) is 14.9. The van der Waals surface area contributed by atoms with Crippen LogP contribution in [0, 0.1) is 0 Å². The number of carbonyl (C=O) groups is 1. The van der Waals surface area contributed by atoms with Crippen molar-refractivity contribution in [1.82, 2.24) is 5.43 Å². The molecular formula is C23H21BrN2O4. The second-order valence-corrected chi connectivity index (χ2v) is 7.08. The zero-order valence-corrected chi connectivity index (χ0v) is 18.2. The molecule has 0 unspecified atom stereocenters. The molecule has 0 aromatic heterocycles. The van der Waals surface area contributed by atoms with Crippen LogP contribution in [-0.4, -0.2) is 32.9 Å². The molecule has 1 N–H and O–H groups in total. The summed E-state index contributed by atoms with van der Waals surface area (Å²) < 4.78 is 17.0. The SMILES string of the molecule is C=CCOc1cc(Br)c(C=NNC(=O)c2cc3ccccc3cc2OC)cc1OC. The number of carbonyl (C=O) groups excluding carboxylic acids is 1. The molecule has 1 amide bonds. The largest absolute Gasteiger partial charge is 0.496 e. The van der Waals surface area contributed by atoms with Crippen LogP contribution in [0.5, 0.6) is 17.2 Å². The van der Waals surface area contributed by atoms with Gasteiger partial charge in [0.15, 0.2) is 11.5 Å². The van der Waals surface area contributed by atoms with E-state index in [-0.39, 0.29) is 5.91 Å². The number of amides is 1. The summed E-state index contributed by atoms with van der Waals surface area (Å²) in [5, 5.41) is 6.01. The van der Waals surface area contributed by atoms with Crippen LogP contribution in [0.3, 0.4) is 0 Å². The molecule has 0 atom stereocenters. The normalized spacial score (nSPS) is 10.8. The van der Waals surface area contributed by atoms with Crippen LogP contribution in [-0.2, 0) is 0 Å². The number of hydrogen-bond donors (Lipinski definition) is 1. The molecule has 0 heterocycles. The smallest absolute Gasteiger partial charge is 0.275 e. The molecule has 0 aliphatic rings. The second kappa shape index (κ2) is 9.93. The molecule has 3 aromatic rings. The first-order chi connectivity index (χ1) is 14.6. The highest BCUT2D eigenvalue weighted by molar-refractivity contribution is 9.10. The van der Waals surface area contributed by atoms with Crippen LogP contribution in [0.2, 0.25) is 0 Å². The van der Waals surface area contributed by atoms with Gasteiger partial charge in [0.1, 0.15) is 12.4 Å². The van der Waals surface area contributed by atoms with E-state index in [2.05, 4.69) is 33.0 Å². The molecule has 0 bridgehead atoms. The van der Waals surface area contributed by atoms with Crippen LogP contribution in [0.25, 0.3) is 10.8 Å². The van der Waals surface area contributed by atoms with E-state index in [0.717, 1.165) is 15.2 Å². The topological polar surface area (TPSA) is 69.2 Å². The Balaban J connectivity index is 1.80. The minimum Gasteiger partial charge on any atom is -0.496 e. The molecule has 7 heteroatoms. The van der Waals surface area contributed by atoms with Gasteiger partial charge in [-0.2, -0.15) is 5.10 Å². The molecular weight excluding hydrogens is 448 g/mol. The van der Waals surface area contributed by atoms with Crippen LogP contribution in [0.1, 0.15) is 15.9 Å². The van der Waals surface area contributed by atoms with Gasteiger partial charge in [0, 0.05) is 10.0 Å². The van der Waals surface area contributed by atoms with Gasteiger partial charge in [-0.25, -0.2) is 5.43 Å². The lowest BCUT2D eigenvalue weighted by molar-refractivity contribution is 0.0952. The zero-order valence-electron chi connectivity index (χ0n) is 16.6. The lowest BCUT2D eigenvalue weighted by Gasteiger charge is -2.11. The number of rotatable bonds is 8. The lowest BCUT2D eigenvalue weighted by atomic mass is 10.1. The highest BCUT2D eigenvalue weighted by Crippen LogP contribution is 2.33. The second-order valence-electron chi connectivity index (χ2n) is 6.22. The van der Waals surface area contributed by atoms with E-state index in [1.54, 1.807) is 31.4 Å². The average molecular weight is 469 g/mol. The maximum absolute atomic E-state index is 12.7. The van der Waals surface area contributed by atoms with Crippen LogP contribution >= 0.6 is 15.9 Å². The van der Waals surface area contributed by atoms with Crippen molar-refractivity contribution >= 4 is 38.8 Å². The quantitative estimate of drug-likeness (QED) is 0.288. The third kappa shape index (κ3) is 4.80. The van der Waals surface area contributed by atoms with Crippen LogP contribution < -0.4 is 19.6 Å². The van der Waals surface area contributed by atoms with Crippen molar-refractivity contribution in [2.45, 2.75) is 0 Å². The summed E-state index contributed by atoms with van der Waals surface area (Å²) in [6.45, 7) is 4.00. The summed E-state index contributed by atoms with van der Waals surface area (Å²) in [7, 11) is 3.09. The van der Waals surface area contributed by atoms with Gasteiger partial charge >= 0.3 is 0 Å². The van der Waals surface area contributed by atoms with Gasteiger partial charge in [0.05, 0.1) is 26.0 Å². The van der Waals surface area contributed by atoms with E-state index < -0.39 is 0 Å². The maximum Gasteiger partial charge on any atom is 0.275 e. The van der Waals surface area contributed by atoms with E-state index in [4.69, 9.17) is 14.2 Å². The molecule has 0 aliphatic carbocycles. The summed E-state index contributed by atoms with van der Waals surface area (Å²) in [4.78, 5) is 12.7. The number of fused-ring (bicyclic) bond motifs is 1. The average Bonchev–Trinajstić information content (AvgIpc) is 2.77. The van der Waals surface area contributed by atoms with E-state index in [1.807, 2.05) is 30.3 Å². The Labute approximate surface area is 183 Å². The number of benzene rings is 3. The number of nitrogens with zero attached hydrogens (tertiary/aromatic N) is 1. The van der Waals surface area contributed by atoms with Crippen molar-refractivity contribution in [1.29, 1.82) is 0 Å². The number of nitrogens with one attached hydrogen (secondary N) is 1. The third-order valence-electron chi connectivity index (χ3n) is 4.32. The van der Waals surface area contributed by atoms with E-state index in [1.165, 1.54) is 13.3 Å². The predicted molar refractivity (Wildman–Crippen MR) is 122 cm³/mol. The van der Waals surface area contributed by atoms with Crippen LogP contribution in [0.15, 0.2) is 70.8 Å². The van der Waals surface area contributed by atoms with Crippen molar-refractivity contribution in [3.05, 3.63) is 76.8 Å². The standard InChI is InChI=1S/C23H21BrN2O4/c1-4-9-30-22-13-19(24)17(12-21(22)29-3)14-25-26-23(27)18-10-15-7-5-6-8-16(15)11-20(18)28-2/h4-8,10-14H,1,9H2,2-3H3,(H,26,27). The van der Waals surface area contributed by atoms with Crippen molar-refractivity contribution in [2.24, 2.45) is 5.10 Å².